The third kappa shape index (κ3) is 3.06. The van der Waals surface area contributed by atoms with Crippen LogP contribution in [0.4, 0.5) is 4.79 Å². The van der Waals surface area contributed by atoms with E-state index in [1.807, 2.05) is 12.1 Å². The van der Waals surface area contributed by atoms with E-state index in [1.54, 1.807) is 17.0 Å². The number of carbonyl (C=O) groups is 2. The number of amides is 2. The molecule has 122 valence electrons. The van der Waals surface area contributed by atoms with E-state index in [2.05, 4.69) is 4.89 Å². The van der Waals surface area contributed by atoms with Gasteiger partial charge in [0.05, 0.1) is 10.1 Å². The Balaban J connectivity index is 1.66. The molecule has 23 heavy (non-hydrogen) atoms. The van der Waals surface area contributed by atoms with Crippen LogP contribution in [0.1, 0.15) is 0 Å². The van der Waals surface area contributed by atoms with Crippen LogP contribution in [0.3, 0.4) is 0 Å². The molecule has 8 nitrogen and oxygen atoms in total. The van der Waals surface area contributed by atoms with Crippen molar-refractivity contribution in [3.05, 3.63) is 34.6 Å². The minimum absolute atomic E-state index is 0.0113. The maximum Gasteiger partial charge on any atom is 0.441 e. The molecule has 0 unspecified atom stereocenters. The Hall–Kier alpha value is -2.39. The largest absolute Gasteiger partial charge is 0.441 e. The van der Waals surface area contributed by atoms with Gasteiger partial charge in [-0.3, -0.25) is 18.4 Å². The van der Waals surface area contributed by atoms with Gasteiger partial charge in [0, 0.05) is 26.2 Å². The second-order valence-electron chi connectivity index (χ2n) is 5.15. The van der Waals surface area contributed by atoms with Crippen LogP contribution < -0.4 is 5.56 Å². The molecule has 0 atom stereocenters. The Morgan fingerprint density at radius 3 is 2.43 bits per heavy atom. The molecule has 0 aliphatic carbocycles. The van der Waals surface area contributed by atoms with Gasteiger partial charge in [0.15, 0.2) is 0 Å². The topological polar surface area (TPSA) is 92.1 Å². The van der Waals surface area contributed by atoms with E-state index in [9.17, 15) is 14.4 Å². The lowest BCUT2D eigenvalue weighted by atomic mass is 10.3. The third-order valence-electron chi connectivity index (χ3n) is 3.80. The zero-order valence-electron chi connectivity index (χ0n) is 12.2. The zero-order valence-corrected chi connectivity index (χ0v) is 13.0. The summed E-state index contributed by atoms with van der Waals surface area (Å²) in [5.41, 5.74) is -0.165. The molecule has 3 rings (SSSR count). The summed E-state index contributed by atoms with van der Waals surface area (Å²) in [7, 11) is 0. The van der Waals surface area contributed by atoms with Crippen molar-refractivity contribution in [2.75, 3.05) is 26.2 Å². The summed E-state index contributed by atoms with van der Waals surface area (Å²) in [6.07, 6.45) is -0.821. The minimum atomic E-state index is -0.821. The van der Waals surface area contributed by atoms with Crippen LogP contribution in [0.15, 0.2) is 29.1 Å². The highest BCUT2D eigenvalue weighted by molar-refractivity contribution is 7.13. The summed E-state index contributed by atoms with van der Waals surface area (Å²) in [6.45, 7) is 1.24. The van der Waals surface area contributed by atoms with E-state index in [4.69, 9.17) is 5.26 Å². The quantitative estimate of drug-likeness (QED) is 0.647. The van der Waals surface area contributed by atoms with Gasteiger partial charge in [-0.15, -0.1) is 0 Å². The lowest BCUT2D eigenvalue weighted by molar-refractivity contribution is -0.189. The first-order chi connectivity index (χ1) is 11.1. The maximum absolute atomic E-state index is 12.3. The van der Waals surface area contributed by atoms with E-state index < -0.39 is 6.09 Å². The van der Waals surface area contributed by atoms with Gasteiger partial charge >= 0.3 is 6.09 Å². The monoisotopic (exact) mass is 337 g/mol. The van der Waals surface area contributed by atoms with Crippen LogP contribution in [-0.2, 0) is 16.2 Å². The van der Waals surface area contributed by atoms with Crippen molar-refractivity contribution in [1.29, 1.82) is 0 Å². The Kier molecular flexibility index (Phi) is 4.30. The summed E-state index contributed by atoms with van der Waals surface area (Å²) in [5, 5.41) is 8.96. The highest BCUT2D eigenvalue weighted by Gasteiger charge is 2.25. The van der Waals surface area contributed by atoms with Crippen LogP contribution in [0, 0.1) is 0 Å². The molecule has 0 saturated carbocycles. The normalized spacial score (nSPS) is 15.0. The molecule has 1 aromatic heterocycles. The van der Waals surface area contributed by atoms with Crippen molar-refractivity contribution in [3.8, 4) is 0 Å². The van der Waals surface area contributed by atoms with Crippen molar-refractivity contribution < 1.29 is 19.7 Å². The predicted molar refractivity (Wildman–Crippen MR) is 83.3 cm³/mol. The highest BCUT2D eigenvalue weighted by Crippen LogP contribution is 2.16. The second-order valence-corrected chi connectivity index (χ2v) is 6.22. The Morgan fingerprint density at radius 1 is 1.13 bits per heavy atom. The van der Waals surface area contributed by atoms with E-state index in [0.29, 0.717) is 18.5 Å². The van der Waals surface area contributed by atoms with Gasteiger partial charge in [0.2, 0.25) is 5.91 Å². The van der Waals surface area contributed by atoms with Gasteiger partial charge in [-0.1, -0.05) is 23.7 Å². The summed E-state index contributed by atoms with van der Waals surface area (Å²) < 4.78 is 2.29. The van der Waals surface area contributed by atoms with Gasteiger partial charge in [-0.25, -0.2) is 4.79 Å². The molecular weight excluding hydrogens is 322 g/mol. The highest BCUT2D eigenvalue weighted by atomic mass is 32.1. The van der Waals surface area contributed by atoms with E-state index >= 15 is 0 Å². The van der Waals surface area contributed by atoms with Crippen LogP contribution in [0.5, 0.6) is 0 Å². The van der Waals surface area contributed by atoms with Crippen molar-refractivity contribution >= 4 is 33.6 Å². The van der Waals surface area contributed by atoms with E-state index in [-0.39, 0.29) is 31.1 Å². The summed E-state index contributed by atoms with van der Waals surface area (Å²) in [4.78, 5) is 42.3. The molecular formula is C14H15N3O5S. The van der Waals surface area contributed by atoms with Gasteiger partial charge in [0.1, 0.15) is 6.54 Å². The molecule has 2 aromatic rings. The van der Waals surface area contributed by atoms with Gasteiger partial charge < -0.3 is 9.80 Å². The van der Waals surface area contributed by atoms with Crippen LogP contribution in [-0.4, -0.2) is 57.2 Å². The van der Waals surface area contributed by atoms with Gasteiger partial charge in [-0.2, -0.15) is 5.26 Å². The first-order valence-corrected chi connectivity index (χ1v) is 7.84. The predicted octanol–water partition coefficient (Wildman–Crippen LogP) is 0.817. The summed E-state index contributed by atoms with van der Waals surface area (Å²) in [6, 6.07) is 7.24. The summed E-state index contributed by atoms with van der Waals surface area (Å²) in [5.74, 6) is -0.171. The number of piperazine rings is 1. The number of hydrogen-bond donors (Lipinski definition) is 1. The molecule has 1 saturated heterocycles. The average Bonchev–Trinajstić information content (AvgIpc) is 2.90. The molecule has 2 amide bonds. The Labute approximate surface area is 135 Å². The van der Waals surface area contributed by atoms with E-state index in [0.717, 1.165) is 4.70 Å². The first-order valence-electron chi connectivity index (χ1n) is 7.07. The minimum Gasteiger partial charge on any atom is -0.338 e. The van der Waals surface area contributed by atoms with Crippen LogP contribution in [0.2, 0.25) is 0 Å². The Morgan fingerprint density at radius 2 is 1.78 bits per heavy atom. The SMILES string of the molecule is O=C(Cn1sc2ccccc2c1=O)N1CCN(C(=O)OO)CC1. The number of hydrogen-bond acceptors (Lipinski definition) is 6. The molecule has 0 bridgehead atoms. The standard InChI is InChI=1S/C14H15N3O5S/c18-12(15-5-7-16(8-6-15)14(20)22-21)9-17-13(19)10-3-1-2-4-11(10)23-17/h1-4,21H,5-9H2. The lowest BCUT2D eigenvalue weighted by Gasteiger charge is -2.33. The molecule has 1 fully saturated rings. The molecule has 0 radical (unpaired) electrons. The van der Waals surface area contributed by atoms with Crippen LogP contribution in [0.25, 0.3) is 10.1 Å². The molecule has 1 aliphatic rings. The number of aromatic nitrogens is 1. The van der Waals surface area contributed by atoms with Gasteiger partial charge in [0.25, 0.3) is 5.56 Å². The molecule has 1 aromatic carbocycles. The number of carbonyl (C=O) groups excluding carboxylic acids is 2. The molecule has 9 heteroatoms. The molecule has 2 heterocycles. The first kappa shape index (κ1) is 15.5. The number of rotatable bonds is 2. The van der Waals surface area contributed by atoms with Crippen molar-refractivity contribution in [1.82, 2.24) is 13.8 Å². The number of benzene rings is 1. The maximum atomic E-state index is 12.3. The van der Waals surface area contributed by atoms with Crippen molar-refractivity contribution in [2.45, 2.75) is 6.54 Å². The number of nitrogens with zero attached hydrogens (tertiary/aromatic N) is 3. The van der Waals surface area contributed by atoms with Crippen LogP contribution >= 0.6 is 11.5 Å². The van der Waals surface area contributed by atoms with Crippen molar-refractivity contribution in [2.24, 2.45) is 0 Å². The van der Waals surface area contributed by atoms with Crippen molar-refractivity contribution in [3.63, 3.8) is 0 Å². The second kappa shape index (κ2) is 6.39. The fraction of sp³-hybridized carbons (Fsp3) is 0.357. The lowest BCUT2D eigenvalue weighted by Crippen LogP contribution is -2.51. The van der Waals surface area contributed by atoms with Gasteiger partial charge in [-0.05, 0) is 12.1 Å². The molecule has 0 spiro atoms. The third-order valence-corrected chi connectivity index (χ3v) is 4.87. The van der Waals surface area contributed by atoms with E-state index in [1.165, 1.54) is 20.4 Å². The summed E-state index contributed by atoms with van der Waals surface area (Å²) >= 11 is 1.26. The molecule has 1 aliphatic heterocycles. The fourth-order valence-electron chi connectivity index (χ4n) is 2.54. The zero-order chi connectivity index (χ0) is 16.4. The smallest absolute Gasteiger partial charge is 0.338 e. The average molecular weight is 337 g/mol. The number of fused-ring (bicyclic) bond motifs is 1. The Bertz CT molecular complexity index is 791. The molecule has 1 N–H and O–H groups in total. The fourth-order valence-corrected chi connectivity index (χ4v) is 3.53.